The van der Waals surface area contributed by atoms with Crippen molar-refractivity contribution >= 4 is 17.9 Å². The molecule has 0 aromatic heterocycles. The largest absolute Gasteiger partial charge is 0.485 e. The van der Waals surface area contributed by atoms with Crippen molar-refractivity contribution in [1.29, 1.82) is 0 Å². The molecule has 33 heavy (non-hydrogen) atoms. The monoisotopic (exact) mass is 442 g/mol. The molecular formula is C26H18O7. The summed E-state index contributed by atoms with van der Waals surface area (Å²) in [5, 5.41) is 0. The second-order valence-corrected chi connectivity index (χ2v) is 7.62. The summed E-state index contributed by atoms with van der Waals surface area (Å²) in [5.74, 6) is -1.20. The zero-order valence-corrected chi connectivity index (χ0v) is 17.4. The summed E-state index contributed by atoms with van der Waals surface area (Å²) in [7, 11) is 0. The fraction of sp³-hybridized carbons (Fsp3) is 0.115. The number of benzene rings is 2. The van der Waals surface area contributed by atoms with E-state index in [2.05, 4.69) is 13.2 Å². The second kappa shape index (κ2) is 7.63. The molecule has 2 aromatic carbocycles. The molecule has 2 aromatic rings. The molecule has 0 amide bonds. The normalized spacial score (nSPS) is 23.8. The Morgan fingerprint density at radius 2 is 1.76 bits per heavy atom. The van der Waals surface area contributed by atoms with Crippen molar-refractivity contribution < 1.29 is 33.3 Å². The van der Waals surface area contributed by atoms with Gasteiger partial charge in [-0.3, -0.25) is 0 Å². The molecule has 1 spiro atoms. The van der Waals surface area contributed by atoms with E-state index in [-0.39, 0.29) is 11.5 Å². The van der Waals surface area contributed by atoms with Crippen LogP contribution in [-0.4, -0.2) is 24.0 Å². The quantitative estimate of drug-likeness (QED) is 0.405. The first-order valence-electron chi connectivity index (χ1n) is 10.2. The van der Waals surface area contributed by atoms with Gasteiger partial charge in [-0.2, -0.15) is 0 Å². The average Bonchev–Trinajstić information content (AvgIpc) is 3.11. The lowest BCUT2D eigenvalue weighted by atomic mass is 9.70. The Morgan fingerprint density at radius 3 is 2.55 bits per heavy atom. The number of fused-ring (bicyclic) bond motifs is 6. The van der Waals surface area contributed by atoms with Crippen LogP contribution in [0.4, 0.5) is 0 Å². The molecule has 0 N–H and O–H groups in total. The van der Waals surface area contributed by atoms with Gasteiger partial charge in [0.15, 0.2) is 5.60 Å². The molecule has 0 bridgehead atoms. The summed E-state index contributed by atoms with van der Waals surface area (Å²) < 4.78 is 22.8. The topological polar surface area (TPSA) is 88.1 Å². The van der Waals surface area contributed by atoms with E-state index in [0.29, 0.717) is 22.4 Å². The van der Waals surface area contributed by atoms with Crippen molar-refractivity contribution in [3.8, 4) is 11.5 Å². The molecule has 2 heterocycles. The lowest BCUT2D eigenvalue weighted by Gasteiger charge is -2.45. The van der Waals surface area contributed by atoms with E-state index in [1.54, 1.807) is 48.6 Å². The molecule has 3 atom stereocenters. The zero-order valence-electron chi connectivity index (χ0n) is 17.4. The Balaban J connectivity index is 1.67. The van der Waals surface area contributed by atoms with Gasteiger partial charge in [0, 0.05) is 29.3 Å². The van der Waals surface area contributed by atoms with Gasteiger partial charge in [-0.1, -0.05) is 37.4 Å². The van der Waals surface area contributed by atoms with Gasteiger partial charge in [0.05, 0.1) is 11.5 Å². The number of carbonyl (C=O) groups is 3. The molecule has 0 radical (unpaired) electrons. The van der Waals surface area contributed by atoms with E-state index in [9.17, 15) is 14.4 Å². The van der Waals surface area contributed by atoms with Gasteiger partial charge in [0.25, 0.3) is 0 Å². The molecular weight excluding hydrogens is 424 g/mol. The van der Waals surface area contributed by atoms with Crippen molar-refractivity contribution in [3.05, 3.63) is 108 Å². The highest BCUT2D eigenvalue weighted by atomic mass is 16.6. The summed E-state index contributed by atoms with van der Waals surface area (Å²) in [4.78, 5) is 36.2. The number of allylic oxidation sites excluding steroid dienone is 1. The lowest BCUT2D eigenvalue weighted by Crippen LogP contribution is -2.48. The standard InChI is InChI=1S/C26H18O7/c1-3-23(27)30-15-9-11-19-21(13-15)32-22-14-16(31-24(28)4-2)10-12-20(22)26(19)18-8-6-5-7-17(18)25(29)33-26/h3-14,19,21H,1-2H2. The third-order valence-electron chi connectivity index (χ3n) is 5.81. The zero-order chi connectivity index (χ0) is 23.2. The van der Waals surface area contributed by atoms with Crippen molar-refractivity contribution in [1.82, 2.24) is 0 Å². The molecule has 7 heteroatoms. The van der Waals surface area contributed by atoms with Crippen LogP contribution in [0.15, 0.2) is 91.8 Å². The Morgan fingerprint density at radius 1 is 1.00 bits per heavy atom. The van der Waals surface area contributed by atoms with Crippen LogP contribution in [0.3, 0.4) is 0 Å². The minimum absolute atomic E-state index is 0.249. The number of hydrogen-bond acceptors (Lipinski definition) is 7. The van der Waals surface area contributed by atoms with Crippen LogP contribution in [0.1, 0.15) is 21.5 Å². The second-order valence-electron chi connectivity index (χ2n) is 7.62. The third-order valence-corrected chi connectivity index (χ3v) is 5.81. The predicted octanol–water partition coefficient (Wildman–Crippen LogP) is 3.75. The highest BCUT2D eigenvalue weighted by Gasteiger charge is 2.58. The molecule has 3 aliphatic rings. The Bertz CT molecular complexity index is 1290. The molecule has 0 saturated carbocycles. The van der Waals surface area contributed by atoms with Gasteiger partial charge in [0.1, 0.15) is 23.4 Å². The highest BCUT2D eigenvalue weighted by molar-refractivity contribution is 5.96. The van der Waals surface area contributed by atoms with Gasteiger partial charge in [-0.15, -0.1) is 0 Å². The van der Waals surface area contributed by atoms with Crippen LogP contribution < -0.4 is 9.47 Å². The number of esters is 3. The van der Waals surface area contributed by atoms with Crippen LogP contribution >= 0.6 is 0 Å². The number of hydrogen-bond donors (Lipinski definition) is 0. The Hall–Kier alpha value is -4.39. The number of rotatable bonds is 4. The first-order chi connectivity index (χ1) is 16.0. The Labute approximate surface area is 189 Å². The molecule has 1 aliphatic carbocycles. The number of ether oxygens (including phenoxy) is 4. The van der Waals surface area contributed by atoms with Crippen LogP contribution in [0, 0.1) is 5.92 Å². The van der Waals surface area contributed by atoms with E-state index >= 15 is 0 Å². The van der Waals surface area contributed by atoms with Crippen LogP contribution in [-0.2, 0) is 24.7 Å². The Kier molecular flexibility index (Phi) is 4.74. The van der Waals surface area contributed by atoms with E-state index in [4.69, 9.17) is 18.9 Å². The molecule has 2 aliphatic heterocycles. The summed E-state index contributed by atoms with van der Waals surface area (Å²) in [6, 6.07) is 12.1. The van der Waals surface area contributed by atoms with E-state index in [1.807, 2.05) is 12.1 Å². The van der Waals surface area contributed by atoms with Crippen LogP contribution in [0.5, 0.6) is 11.5 Å². The van der Waals surface area contributed by atoms with Gasteiger partial charge in [-0.25, -0.2) is 14.4 Å². The van der Waals surface area contributed by atoms with Gasteiger partial charge in [0.2, 0.25) is 0 Å². The van der Waals surface area contributed by atoms with Crippen molar-refractivity contribution in [2.24, 2.45) is 5.92 Å². The molecule has 7 nitrogen and oxygen atoms in total. The smallest absolute Gasteiger partial charge is 0.339 e. The summed E-state index contributed by atoms with van der Waals surface area (Å²) in [6.07, 6.45) is 6.58. The lowest BCUT2D eigenvalue weighted by molar-refractivity contribution is -0.133. The minimum atomic E-state index is -1.17. The molecule has 3 unspecified atom stereocenters. The first kappa shape index (κ1) is 20.5. The van der Waals surface area contributed by atoms with Crippen molar-refractivity contribution in [2.45, 2.75) is 11.7 Å². The SMILES string of the molecule is C=CC(=O)OC1=CC2Oc3cc(OC(=O)C=C)ccc3C3(OC(=O)c4ccccc43)C2C=C1. The van der Waals surface area contributed by atoms with Crippen LogP contribution in [0.25, 0.3) is 0 Å². The third kappa shape index (κ3) is 3.17. The number of carbonyl (C=O) groups excluding carboxylic acids is 3. The predicted molar refractivity (Wildman–Crippen MR) is 116 cm³/mol. The van der Waals surface area contributed by atoms with E-state index < -0.39 is 35.5 Å². The molecule has 5 rings (SSSR count). The van der Waals surface area contributed by atoms with Crippen LogP contribution in [0.2, 0.25) is 0 Å². The van der Waals surface area contributed by atoms with E-state index in [0.717, 1.165) is 12.2 Å². The summed E-state index contributed by atoms with van der Waals surface area (Å²) in [5.41, 5.74) is 0.612. The summed E-state index contributed by atoms with van der Waals surface area (Å²) in [6.45, 7) is 6.81. The molecule has 0 saturated heterocycles. The molecule has 0 fully saturated rings. The average molecular weight is 442 g/mol. The highest BCUT2D eigenvalue weighted by Crippen LogP contribution is 2.56. The van der Waals surface area contributed by atoms with Gasteiger partial charge in [-0.05, 0) is 30.4 Å². The first-order valence-corrected chi connectivity index (χ1v) is 10.2. The fourth-order valence-electron chi connectivity index (χ4n) is 4.47. The minimum Gasteiger partial charge on any atom is -0.485 e. The maximum absolute atomic E-state index is 12.9. The summed E-state index contributed by atoms with van der Waals surface area (Å²) >= 11 is 0. The van der Waals surface area contributed by atoms with Gasteiger partial charge < -0.3 is 18.9 Å². The maximum Gasteiger partial charge on any atom is 0.339 e. The fourth-order valence-corrected chi connectivity index (χ4v) is 4.47. The molecule has 164 valence electrons. The van der Waals surface area contributed by atoms with Crippen molar-refractivity contribution in [2.75, 3.05) is 0 Å². The maximum atomic E-state index is 12.9. The van der Waals surface area contributed by atoms with Crippen molar-refractivity contribution in [3.63, 3.8) is 0 Å². The van der Waals surface area contributed by atoms with E-state index in [1.165, 1.54) is 0 Å². The van der Waals surface area contributed by atoms with Gasteiger partial charge >= 0.3 is 17.9 Å².